The van der Waals surface area contributed by atoms with Crippen LogP contribution in [0.15, 0.2) is 53.1 Å². The summed E-state index contributed by atoms with van der Waals surface area (Å²) in [5, 5.41) is 10.7. The lowest BCUT2D eigenvalue weighted by atomic mass is 9.82. The molecular weight excluding hydrogens is 640 g/mol. The number of methoxy groups -OCH3 is 4. The lowest BCUT2D eigenvalue weighted by Crippen LogP contribution is -2.54. The van der Waals surface area contributed by atoms with Crippen LogP contribution in [0.25, 0.3) is 6.08 Å². The molecule has 0 amide bonds. The van der Waals surface area contributed by atoms with E-state index in [9.17, 15) is 10.1 Å². The number of halogens is 1. The summed E-state index contributed by atoms with van der Waals surface area (Å²) < 4.78 is 29.4. The summed E-state index contributed by atoms with van der Waals surface area (Å²) in [6.45, 7) is 0.0250. The Hall–Kier alpha value is -4.11. The number of pyridine rings is 1. The van der Waals surface area contributed by atoms with Crippen molar-refractivity contribution in [2.45, 2.75) is 37.0 Å². The Kier molecular flexibility index (Phi) is 9.97. The molecule has 45 heavy (non-hydrogen) atoms. The molecule has 0 bridgehead atoms. The number of esters is 1. The first-order chi connectivity index (χ1) is 21.7. The zero-order chi connectivity index (χ0) is 32.2. The maximum atomic E-state index is 13.0. The number of nitrogens with zero attached hydrogens (tertiary/aromatic N) is 4. The van der Waals surface area contributed by atoms with E-state index in [0.29, 0.717) is 41.5 Å². The highest BCUT2D eigenvalue weighted by atomic mass is 79.9. The van der Waals surface area contributed by atoms with Crippen LogP contribution in [0.1, 0.15) is 40.0 Å². The summed E-state index contributed by atoms with van der Waals surface area (Å²) in [6, 6.07) is 12.9. The minimum Gasteiger partial charge on any atom is -0.493 e. The minimum absolute atomic E-state index is 0.0250. The molecule has 0 aliphatic carbocycles. The summed E-state index contributed by atoms with van der Waals surface area (Å²) in [5.41, 5.74) is 4.66. The highest BCUT2D eigenvalue weighted by molar-refractivity contribution is 9.10. The van der Waals surface area contributed by atoms with E-state index >= 15 is 0 Å². The van der Waals surface area contributed by atoms with Gasteiger partial charge in [-0.1, -0.05) is 0 Å². The number of carbonyl (C=O) groups is 1. The fourth-order valence-corrected chi connectivity index (χ4v) is 6.77. The van der Waals surface area contributed by atoms with Gasteiger partial charge in [0, 0.05) is 29.2 Å². The van der Waals surface area contributed by atoms with E-state index in [1.54, 1.807) is 46.8 Å². The fourth-order valence-electron chi connectivity index (χ4n) is 6.54. The lowest BCUT2D eigenvalue weighted by Gasteiger charge is -2.48. The maximum Gasteiger partial charge on any atom is 0.330 e. The molecule has 1 unspecified atom stereocenters. The van der Waals surface area contributed by atoms with Crippen LogP contribution in [0.5, 0.6) is 23.0 Å². The van der Waals surface area contributed by atoms with Crippen molar-refractivity contribution in [2.75, 3.05) is 49.1 Å². The monoisotopic (exact) mass is 676 g/mol. The number of likely N-dealkylation sites (N-methyl/N-ethyl adjacent to an activating group) is 1. The second-order valence-corrected chi connectivity index (χ2v) is 12.1. The molecule has 0 saturated carbocycles. The molecule has 10 nitrogen and oxygen atoms in total. The molecule has 2 aromatic carbocycles. The van der Waals surface area contributed by atoms with Crippen LogP contribution in [0, 0.1) is 11.3 Å². The molecule has 0 spiro atoms. The van der Waals surface area contributed by atoms with Crippen LogP contribution in [0.2, 0.25) is 0 Å². The molecule has 3 aromatic rings. The van der Waals surface area contributed by atoms with Gasteiger partial charge in [-0.2, -0.15) is 5.26 Å². The zero-order valence-electron chi connectivity index (χ0n) is 26.2. The molecule has 2 aliphatic rings. The van der Waals surface area contributed by atoms with Gasteiger partial charge in [-0.15, -0.1) is 0 Å². The molecule has 0 saturated heterocycles. The Balaban J connectivity index is 1.59. The fraction of sp³-hybridized carbons (Fsp3) is 0.382. The Labute approximate surface area is 272 Å². The SMILES string of the molecule is COc1cc2c(cc1OC)[C@@H](N(C)C)C1Cc3cc(OC)c(OC)cc3[C@H](COC(=O)/C=C/c3ccc(Br)cn3)N1[C@@H](C#N)C2. The first-order valence-electron chi connectivity index (χ1n) is 14.5. The average molecular weight is 678 g/mol. The molecule has 1 aromatic heterocycles. The van der Waals surface area contributed by atoms with Gasteiger partial charge in [0.1, 0.15) is 12.6 Å². The molecule has 0 N–H and O–H groups in total. The van der Waals surface area contributed by atoms with E-state index in [2.05, 4.69) is 36.8 Å². The number of nitriles is 1. The van der Waals surface area contributed by atoms with Gasteiger partial charge in [-0.3, -0.25) is 9.88 Å². The standard InChI is InChI=1S/C34H37BrN4O6/c1-38(2)34-26-16-32(44-6)29(41-3)13-20(26)11-24(17-36)39-27(34)12-21-14-30(42-4)31(43-5)15-25(21)28(39)19-45-33(40)10-9-23-8-7-22(35)18-37-23/h7-10,13-16,18,24,27-28,34H,11-12,19H2,1-6H3/b10-9+/t24-,27?,28+,34-/m1/s1. The number of rotatable bonds is 9. The van der Waals surface area contributed by atoms with Crippen LogP contribution >= 0.6 is 15.9 Å². The van der Waals surface area contributed by atoms with E-state index in [4.69, 9.17) is 23.7 Å². The molecule has 0 radical (unpaired) electrons. The number of fused-ring (bicyclic) bond motifs is 3. The summed E-state index contributed by atoms with van der Waals surface area (Å²) in [4.78, 5) is 21.7. The first kappa shape index (κ1) is 32.3. The van der Waals surface area contributed by atoms with Gasteiger partial charge in [0.2, 0.25) is 0 Å². The predicted octanol–water partition coefficient (Wildman–Crippen LogP) is 5.15. The molecular formula is C34H37BrN4O6. The summed E-state index contributed by atoms with van der Waals surface area (Å²) in [6.07, 6.45) is 5.73. The van der Waals surface area contributed by atoms with Crippen LogP contribution in [-0.4, -0.2) is 82.0 Å². The average Bonchev–Trinajstić information content (AvgIpc) is 3.18. The Morgan fingerprint density at radius 2 is 1.58 bits per heavy atom. The van der Waals surface area contributed by atoms with Crippen LogP contribution in [-0.2, 0) is 22.4 Å². The number of aromatic nitrogens is 1. The molecule has 4 atom stereocenters. The van der Waals surface area contributed by atoms with Gasteiger partial charge < -0.3 is 28.6 Å². The van der Waals surface area contributed by atoms with E-state index in [1.165, 1.54) is 6.08 Å². The Bertz CT molecular complexity index is 1620. The predicted molar refractivity (Wildman–Crippen MR) is 173 cm³/mol. The number of benzene rings is 2. The van der Waals surface area contributed by atoms with Crippen molar-refractivity contribution in [3.8, 4) is 29.1 Å². The van der Waals surface area contributed by atoms with Crippen LogP contribution in [0.3, 0.4) is 0 Å². The Morgan fingerprint density at radius 3 is 2.13 bits per heavy atom. The molecule has 0 fully saturated rings. The van der Waals surface area contributed by atoms with E-state index in [1.807, 2.05) is 44.4 Å². The van der Waals surface area contributed by atoms with Crippen molar-refractivity contribution >= 4 is 28.0 Å². The third-order valence-electron chi connectivity index (χ3n) is 8.51. The topological polar surface area (TPSA) is 106 Å². The zero-order valence-corrected chi connectivity index (χ0v) is 27.8. The van der Waals surface area contributed by atoms with Gasteiger partial charge in [0.25, 0.3) is 0 Å². The maximum absolute atomic E-state index is 13.0. The number of hydrogen-bond donors (Lipinski definition) is 0. The highest BCUT2D eigenvalue weighted by Crippen LogP contribution is 2.48. The van der Waals surface area contributed by atoms with Crippen LogP contribution < -0.4 is 18.9 Å². The van der Waals surface area contributed by atoms with E-state index in [0.717, 1.165) is 26.7 Å². The van der Waals surface area contributed by atoms with Crippen molar-refractivity contribution in [2.24, 2.45) is 0 Å². The summed E-state index contributed by atoms with van der Waals surface area (Å²) in [5.74, 6) is 1.92. The smallest absolute Gasteiger partial charge is 0.330 e. The third-order valence-corrected chi connectivity index (χ3v) is 8.98. The van der Waals surface area contributed by atoms with Gasteiger partial charge in [-0.05, 0) is 101 Å². The molecule has 236 valence electrons. The Morgan fingerprint density at radius 1 is 0.978 bits per heavy atom. The van der Waals surface area contributed by atoms with Crippen molar-refractivity contribution < 1.29 is 28.5 Å². The largest absolute Gasteiger partial charge is 0.493 e. The van der Waals surface area contributed by atoms with Crippen LogP contribution in [0.4, 0.5) is 0 Å². The van der Waals surface area contributed by atoms with Crippen molar-refractivity contribution in [1.82, 2.24) is 14.8 Å². The van der Waals surface area contributed by atoms with Gasteiger partial charge in [-0.25, -0.2) is 4.79 Å². The van der Waals surface area contributed by atoms with Gasteiger partial charge in [0.05, 0.1) is 52.3 Å². The minimum atomic E-state index is -0.524. The van der Waals surface area contributed by atoms with Gasteiger partial charge >= 0.3 is 5.97 Å². The summed E-state index contributed by atoms with van der Waals surface area (Å²) >= 11 is 3.37. The van der Waals surface area contributed by atoms with Crippen molar-refractivity contribution in [3.05, 3.63) is 81.1 Å². The second-order valence-electron chi connectivity index (χ2n) is 11.2. The summed E-state index contributed by atoms with van der Waals surface area (Å²) in [7, 11) is 10.5. The quantitative estimate of drug-likeness (QED) is 0.223. The normalized spacial score (nSPS) is 20.8. The van der Waals surface area contributed by atoms with Crippen molar-refractivity contribution in [3.63, 3.8) is 0 Å². The number of hydrogen-bond acceptors (Lipinski definition) is 10. The molecule has 5 rings (SSSR count). The van der Waals surface area contributed by atoms with Gasteiger partial charge in [0.15, 0.2) is 23.0 Å². The highest BCUT2D eigenvalue weighted by Gasteiger charge is 2.47. The molecule has 3 heterocycles. The number of carbonyl (C=O) groups excluding carboxylic acids is 1. The second kappa shape index (κ2) is 13.9. The van der Waals surface area contributed by atoms with E-state index in [-0.39, 0.29) is 18.7 Å². The molecule has 2 aliphatic heterocycles. The lowest BCUT2D eigenvalue weighted by molar-refractivity contribution is -0.140. The van der Waals surface area contributed by atoms with Crippen molar-refractivity contribution in [1.29, 1.82) is 5.26 Å². The van der Waals surface area contributed by atoms with E-state index < -0.39 is 18.1 Å². The molecule has 11 heteroatoms. The first-order valence-corrected chi connectivity index (χ1v) is 15.3. The third kappa shape index (κ3) is 6.50. The number of ether oxygens (including phenoxy) is 5.